The molecule has 1 saturated heterocycles. The fraction of sp³-hybridized carbons (Fsp3) is 0.364. The van der Waals surface area contributed by atoms with E-state index < -0.39 is 0 Å². The van der Waals surface area contributed by atoms with Gasteiger partial charge in [0.25, 0.3) is 5.91 Å². The van der Waals surface area contributed by atoms with Gasteiger partial charge in [0.1, 0.15) is 0 Å². The Bertz CT molecular complexity index is 424. The van der Waals surface area contributed by atoms with Crippen LogP contribution < -0.4 is 0 Å². The van der Waals surface area contributed by atoms with E-state index in [0.29, 0.717) is 17.1 Å². The molecule has 0 aliphatic carbocycles. The number of benzene rings is 1. The first-order valence-corrected chi connectivity index (χ1v) is 6.85. The van der Waals surface area contributed by atoms with Crippen molar-refractivity contribution in [3.05, 3.63) is 32.4 Å². The van der Waals surface area contributed by atoms with Gasteiger partial charge in [-0.2, -0.15) is 0 Å². The highest BCUT2D eigenvalue weighted by Gasteiger charge is 2.25. The molecule has 0 bridgehead atoms. The largest absolute Gasteiger partial charge is 0.337 e. The van der Waals surface area contributed by atoms with Crippen molar-refractivity contribution in [2.45, 2.75) is 11.8 Å². The maximum atomic E-state index is 12.1. The fourth-order valence-electron chi connectivity index (χ4n) is 1.71. The molecule has 86 valence electrons. The standard InChI is InChI=1S/C11H10Cl2INO/c12-8-3-4-15(6-8)11(16)7-1-2-10(14)9(13)5-7/h1-2,5,8H,3-4,6H2. The molecule has 1 atom stereocenters. The molecule has 2 nitrogen and oxygen atoms in total. The number of hydrogen-bond acceptors (Lipinski definition) is 1. The fourth-order valence-corrected chi connectivity index (χ4v) is 2.49. The highest BCUT2D eigenvalue weighted by Crippen LogP contribution is 2.22. The summed E-state index contributed by atoms with van der Waals surface area (Å²) in [4.78, 5) is 13.8. The Kier molecular flexibility index (Phi) is 3.97. The minimum Gasteiger partial charge on any atom is -0.337 e. The number of hydrogen-bond donors (Lipinski definition) is 0. The number of alkyl halides is 1. The number of carbonyl (C=O) groups excluding carboxylic acids is 1. The van der Waals surface area contributed by atoms with Crippen LogP contribution >= 0.6 is 45.8 Å². The van der Waals surface area contributed by atoms with Crippen molar-refractivity contribution in [1.82, 2.24) is 4.90 Å². The Hall–Kier alpha value is -0.000000000000000167. The van der Waals surface area contributed by atoms with Gasteiger partial charge in [-0.3, -0.25) is 4.79 Å². The van der Waals surface area contributed by atoms with E-state index in [4.69, 9.17) is 23.2 Å². The maximum Gasteiger partial charge on any atom is 0.253 e. The van der Waals surface area contributed by atoms with Gasteiger partial charge in [0.05, 0.1) is 10.4 Å². The van der Waals surface area contributed by atoms with Gasteiger partial charge in [-0.1, -0.05) is 11.6 Å². The first-order chi connectivity index (χ1) is 7.58. The molecule has 1 aromatic rings. The van der Waals surface area contributed by atoms with Crippen LogP contribution in [-0.2, 0) is 0 Å². The quantitative estimate of drug-likeness (QED) is 0.548. The van der Waals surface area contributed by atoms with E-state index in [0.717, 1.165) is 16.5 Å². The molecule has 1 unspecified atom stereocenters. The van der Waals surface area contributed by atoms with E-state index in [1.807, 2.05) is 6.07 Å². The molecule has 5 heteroatoms. The average molecular weight is 370 g/mol. The SMILES string of the molecule is O=C(c1ccc(I)c(Cl)c1)N1CCC(Cl)C1. The van der Waals surface area contributed by atoms with Crippen molar-refractivity contribution in [2.24, 2.45) is 0 Å². The molecule has 1 amide bonds. The van der Waals surface area contributed by atoms with Crippen molar-refractivity contribution in [2.75, 3.05) is 13.1 Å². The summed E-state index contributed by atoms with van der Waals surface area (Å²) in [5.74, 6) is 0.0152. The van der Waals surface area contributed by atoms with E-state index >= 15 is 0 Å². The van der Waals surface area contributed by atoms with Gasteiger partial charge in [-0.15, -0.1) is 11.6 Å². The van der Waals surface area contributed by atoms with Crippen molar-refractivity contribution in [3.63, 3.8) is 0 Å². The monoisotopic (exact) mass is 369 g/mol. The summed E-state index contributed by atoms with van der Waals surface area (Å²) >= 11 is 14.1. The molecule has 1 aromatic carbocycles. The highest BCUT2D eigenvalue weighted by molar-refractivity contribution is 14.1. The Morgan fingerprint density at radius 2 is 2.25 bits per heavy atom. The Balaban J connectivity index is 2.18. The van der Waals surface area contributed by atoms with E-state index in [9.17, 15) is 4.79 Å². The van der Waals surface area contributed by atoms with E-state index in [-0.39, 0.29) is 11.3 Å². The van der Waals surface area contributed by atoms with E-state index in [1.54, 1.807) is 17.0 Å². The van der Waals surface area contributed by atoms with Gasteiger partial charge >= 0.3 is 0 Å². The van der Waals surface area contributed by atoms with Crippen LogP contribution in [0.25, 0.3) is 0 Å². The summed E-state index contributed by atoms with van der Waals surface area (Å²) < 4.78 is 0.951. The lowest BCUT2D eigenvalue weighted by atomic mass is 10.2. The maximum absolute atomic E-state index is 12.1. The normalized spacial score (nSPS) is 20.2. The highest BCUT2D eigenvalue weighted by atomic mass is 127. The molecule has 1 aliphatic rings. The van der Waals surface area contributed by atoms with Crippen LogP contribution in [0.1, 0.15) is 16.8 Å². The zero-order valence-corrected chi connectivity index (χ0v) is 12.1. The second kappa shape index (κ2) is 5.10. The number of likely N-dealkylation sites (tertiary alicyclic amines) is 1. The van der Waals surface area contributed by atoms with Crippen LogP contribution in [0.3, 0.4) is 0 Å². The third-order valence-electron chi connectivity index (χ3n) is 2.58. The van der Waals surface area contributed by atoms with Crippen LogP contribution in [0.15, 0.2) is 18.2 Å². The van der Waals surface area contributed by atoms with Crippen molar-refractivity contribution >= 4 is 51.7 Å². The molecule has 0 radical (unpaired) electrons. The summed E-state index contributed by atoms with van der Waals surface area (Å²) in [7, 11) is 0. The van der Waals surface area contributed by atoms with Crippen LogP contribution in [0.2, 0.25) is 5.02 Å². The number of nitrogens with zero attached hydrogens (tertiary/aromatic N) is 1. The second-order valence-electron chi connectivity index (χ2n) is 3.77. The smallest absolute Gasteiger partial charge is 0.253 e. The first-order valence-electron chi connectivity index (χ1n) is 4.96. The summed E-state index contributed by atoms with van der Waals surface area (Å²) in [5, 5.41) is 0.705. The average Bonchev–Trinajstić information content (AvgIpc) is 2.68. The van der Waals surface area contributed by atoms with Crippen LogP contribution in [0.5, 0.6) is 0 Å². The summed E-state index contributed by atoms with van der Waals surface area (Å²) in [6.45, 7) is 1.36. The molecular weight excluding hydrogens is 360 g/mol. The third kappa shape index (κ3) is 2.63. The van der Waals surface area contributed by atoms with E-state index in [1.165, 1.54) is 0 Å². The molecule has 1 aliphatic heterocycles. The molecule has 2 rings (SSSR count). The molecule has 16 heavy (non-hydrogen) atoms. The van der Waals surface area contributed by atoms with Gasteiger partial charge in [-0.05, 0) is 47.2 Å². The van der Waals surface area contributed by atoms with Gasteiger partial charge in [0.2, 0.25) is 0 Å². The van der Waals surface area contributed by atoms with Gasteiger partial charge in [0, 0.05) is 22.2 Å². The number of amides is 1. The number of rotatable bonds is 1. The lowest BCUT2D eigenvalue weighted by molar-refractivity contribution is 0.0793. The lowest BCUT2D eigenvalue weighted by Crippen LogP contribution is -2.28. The minimum atomic E-state index is 0.0152. The number of carbonyl (C=O) groups is 1. The molecule has 0 N–H and O–H groups in total. The first kappa shape index (κ1) is 12.5. The van der Waals surface area contributed by atoms with Gasteiger partial charge < -0.3 is 4.90 Å². The Morgan fingerprint density at radius 3 is 2.81 bits per heavy atom. The minimum absolute atomic E-state index is 0.0152. The van der Waals surface area contributed by atoms with Crippen LogP contribution in [-0.4, -0.2) is 29.3 Å². The Morgan fingerprint density at radius 1 is 1.50 bits per heavy atom. The van der Waals surface area contributed by atoms with Crippen molar-refractivity contribution in [1.29, 1.82) is 0 Å². The number of halogens is 3. The molecule has 1 heterocycles. The summed E-state index contributed by atoms with van der Waals surface area (Å²) in [6, 6.07) is 5.37. The van der Waals surface area contributed by atoms with Crippen LogP contribution in [0, 0.1) is 3.57 Å². The zero-order valence-electron chi connectivity index (χ0n) is 8.42. The van der Waals surface area contributed by atoms with Crippen LogP contribution in [0.4, 0.5) is 0 Å². The Labute approximate surface area is 118 Å². The third-order valence-corrected chi connectivity index (χ3v) is 4.51. The topological polar surface area (TPSA) is 20.3 Å². The summed E-state index contributed by atoms with van der Waals surface area (Å²) in [6.07, 6.45) is 0.866. The van der Waals surface area contributed by atoms with Gasteiger partial charge in [-0.25, -0.2) is 0 Å². The predicted molar refractivity (Wildman–Crippen MR) is 74.3 cm³/mol. The molecular formula is C11H10Cl2INO. The molecule has 0 spiro atoms. The molecule has 1 fully saturated rings. The molecule has 0 aromatic heterocycles. The van der Waals surface area contributed by atoms with Crippen molar-refractivity contribution in [3.8, 4) is 0 Å². The van der Waals surface area contributed by atoms with E-state index in [2.05, 4.69) is 22.6 Å². The lowest BCUT2D eigenvalue weighted by Gasteiger charge is -2.15. The van der Waals surface area contributed by atoms with Crippen molar-refractivity contribution < 1.29 is 4.79 Å². The summed E-state index contributed by atoms with van der Waals surface area (Å²) in [5.41, 5.74) is 0.635. The predicted octanol–water partition coefficient (Wildman–Crippen LogP) is 3.40. The zero-order chi connectivity index (χ0) is 11.7. The second-order valence-corrected chi connectivity index (χ2v) is 5.95. The van der Waals surface area contributed by atoms with Gasteiger partial charge in [0.15, 0.2) is 0 Å². The molecule has 0 saturated carbocycles.